The molecular weight excluding hydrogens is 114 g/mol. The van der Waals surface area contributed by atoms with Gasteiger partial charge in [-0.2, -0.15) is 15.4 Å². The molecule has 9 heavy (non-hydrogen) atoms. The number of nitrogens with one attached hydrogen (secondary N) is 1. The van der Waals surface area contributed by atoms with Crippen LogP contribution in [0.4, 0.5) is 0 Å². The summed E-state index contributed by atoms with van der Waals surface area (Å²) in [6.07, 6.45) is 6.95. The predicted molar refractivity (Wildman–Crippen MR) is 35.6 cm³/mol. The Balaban J connectivity index is 2.67. The van der Waals surface area contributed by atoms with Crippen molar-refractivity contribution in [3.63, 3.8) is 0 Å². The molecule has 1 aromatic rings. The Labute approximate surface area is 53.1 Å². The Kier molecular flexibility index (Phi) is 1.80. The number of allylic oxidation sites excluding steroid dienone is 2. The summed E-state index contributed by atoms with van der Waals surface area (Å²) in [6.45, 7) is 3.51. The second kappa shape index (κ2) is 2.81. The molecule has 0 bridgehead atoms. The molecule has 0 fully saturated rings. The molecule has 0 aliphatic carbocycles. The normalized spacial score (nSPS) is 10.2. The minimum atomic E-state index is 0.815. The van der Waals surface area contributed by atoms with Gasteiger partial charge < -0.3 is 0 Å². The lowest BCUT2D eigenvalue weighted by atomic mass is 10.4. The zero-order valence-electron chi connectivity index (χ0n) is 4.91. The number of hydrogen-bond donors (Lipinski definition) is 1. The molecule has 1 N–H and O–H groups in total. The summed E-state index contributed by atoms with van der Waals surface area (Å²) in [5.74, 6) is 0. The molecule has 3 heteroatoms. The second-order valence-corrected chi connectivity index (χ2v) is 1.49. The Bertz CT molecular complexity index is 198. The maximum Gasteiger partial charge on any atom is 0.105 e. The third kappa shape index (κ3) is 1.53. The third-order valence-corrected chi connectivity index (χ3v) is 0.837. The smallest absolute Gasteiger partial charge is 0.105 e. The molecule has 0 aliphatic heterocycles. The van der Waals surface area contributed by atoms with Crippen LogP contribution in [0.25, 0.3) is 6.08 Å². The molecule has 0 radical (unpaired) electrons. The van der Waals surface area contributed by atoms with E-state index in [0.717, 1.165) is 5.69 Å². The van der Waals surface area contributed by atoms with Gasteiger partial charge in [-0.3, -0.25) is 0 Å². The summed E-state index contributed by atoms with van der Waals surface area (Å²) in [5.41, 5.74) is 0.815. The molecule has 3 nitrogen and oxygen atoms in total. The van der Waals surface area contributed by atoms with Crippen LogP contribution >= 0.6 is 0 Å². The number of aromatic nitrogens is 3. The summed E-state index contributed by atoms with van der Waals surface area (Å²) >= 11 is 0. The summed E-state index contributed by atoms with van der Waals surface area (Å²) in [5, 5.41) is 9.89. The van der Waals surface area contributed by atoms with Crippen molar-refractivity contribution >= 4 is 6.08 Å². The predicted octanol–water partition coefficient (Wildman–Crippen LogP) is 1.00. The molecule has 0 saturated carbocycles. The first-order valence-corrected chi connectivity index (χ1v) is 2.58. The lowest BCUT2D eigenvalue weighted by Crippen LogP contribution is -1.68. The molecule has 46 valence electrons. The number of H-pyrrole nitrogens is 1. The van der Waals surface area contributed by atoms with E-state index >= 15 is 0 Å². The molecule has 1 rings (SSSR count). The van der Waals surface area contributed by atoms with Crippen LogP contribution in [0.1, 0.15) is 5.69 Å². The highest BCUT2D eigenvalue weighted by atomic mass is 15.3. The first kappa shape index (κ1) is 5.75. The van der Waals surface area contributed by atoms with Gasteiger partial charge in [-0.05, 0) is 6.08 Å². The third-order valence-electron chi connectivity index (χ3n) is 0.837. The quantitative estimate of drug-likeness (QED) is 0.593. The van der Waals surface area contributed by atoms with Crippen LogP contribution in [0.15, 0.2) is 24.9 Å². The fraction of sp³-hybridized carbons (Fsp3) is 0. The maximum atomic E-state index is 3.78. The summed E-state index contributed by atoms with van der Waals surface area (Å²) in [4.78, 5) is 0. The molecule has 1 aromatic heterocycles. The SMILES string of the molecule is C=C/C=C\c1cn[nH]n1. The van der Waals surface area contributed by atoms with Crippen molar-refractivity contribution in [3.05, 3.63) is 30.6 Å². The first-order chi connectivity index (χ1) is 4.43. The van der Waals surface area contributed by atoms with Gasteiger partial charge in [0.15, 0.2) is 0 Å². The van der Waals surface area contributed by atoms with Crippen molar-refractivity contribution in [1.29, 1.82) is 0 Å². The number of aromatic amines is 1. The minimum absolute atomic E-state index is 0.815. The standard InChI is InChI=1S/C6H7N3/c1-2-3-4-6-5-7-9-8-6/h2-5H,1H2,(H,7,8,9)/b4-3-. The van der Waals surface area contributed by atoms with E-state index in [9.17, 15) is 0 Å². The van der Waals surface area contributed by atoms with Crippen LogP contribution in [0.3, 0.4) is 0 Å². The van der Waals surface area contributed by atoms with Crippen molar-refractivity contribution in [2.75, 3.05) is 0 Å². The van der Waals surface area contributed by atoms with Gasteiger partial charge in [-0.25, -0.2) is 0 Å². The fourth-order valence-corrected chi connectivity index (χ4v) is 0.457. The highest BCUT2D eigenvalue weighted by molar-refractivity contribution is 5.44. The van der Waals surface area contributed by atoms with E-state index in [0.29, 0.717) is 0 Å². The van der Waals surface area contributed by atoms with Crippen LogP contribution in [0.2, 0.25) is 0 Å². The van der Waals surface area contributed by atoms with Gasteiger partial charge in [0.2, 0.25) is 0 Å². The van der Waals surface area contributed by atoms with Gasteiger partial charge in [-0.15, -0.1) is 0 Å². The van der Waals surface area contributed by atoms with E-state index in [1.807, 2.05) is 6.08 Å². The van der Waals surface area contributed by atoms with E-state index in [4.69, 9.17) is 0 Å². The molecular formula is C6H7N3. The minimum Gasteiger partial charge on any atom is -0.197 e. The Hall–Kier alpha value is -1.38. The molecule has 1 heterocycles. The van der Waals surface area contributed by atoms with E-state index in [2.05, 4.69) is 22.0 Å². The second-order valence-electron chi connectivity index (χ2n) is 1.49. The molecule has 0 aliphatic rings. The zero-order valence-corrected chi connectivity index (χ0v) is 4.91. The van der Waals surface area contributed by atoms with Gasteiger partial charge >= 0.3 is 0 Å². The number of hydrogen-bond acceptors (Lipinski definition) is 2. The zero-order chi connectivity index (χ0) is 6.53. The van der Waals surface area contributed by atoms with E-state index in [1.54, 1.807) is 18.3 Å². The number of nitrogens with zero attached hydrogens (tertiary/aromatic N) is 2. The maximum absolute atomic E-state index is 3.78. The monoisotopic (exact) mass is 121 g/mol. The lowest BCUT2D eigenvalue weighted by Gasteiger charge is -1.73. The van der Waals surface area contributed by atoms with E-state index in [-0.39, 0.29) is 0 Å². The Morgan fingerprint density at radius 1 is 1.67 bits per heavy atom. The van der Waals surface area contributed by atoms with Crippen molar-refractivity contribution in [2.45, 2.75) is 0 Å². The molecule has 0 spiro atoms. The number of rotatable bonds is 2. The lowest BCUT2D eigenvalue weighted by molar-refractivity contribution is 0.937. The molecule has 0 amide bonds. The van der Waals surface area contributed by atoms with E-state index < -0.39 is 0 Å². The van der Waals surface area contributed by atoms with Crippen LogP contribution < -0.4 is 0 Å². The largest absolute Gasteiger partial charge is 0.197 e. The molecule has 0 atom stereocenters. The van der Waals surface area contributed by atoms with E-state index in [1.165, 1.54) is 0 Å². The first-order valence-electron chi connectivity index (χ1n) is 2.58. The van der Waals surface area contributed by atoms with Gasteiger partial charge in [-0.1, -0.05) is 18.7 Å². The van der Waals surface area contributed by atoms with Crippen LogP contribution in [-0.2, 0) is 0 Å². The summed E-state index contributed by atoms with van der Waals surface area (Å²) in [6, 6.07) is 0. The average Bonchev–Trinajstić information content (AvgIpc) is 2.34. The van der Waals surface area contributed by atoms with Gasteiger partial charge in [0.05, 0.1) is 6.20 Å². The molecule has 0 aromatic carbocycles. The summed E-state index contributed by atoms with van der Waals surface area (Å²) in [7, 11) is 0. The van der Waals surface area contributed by atoms with Crippen LogP contribution in [0.5, 0.6) is 0 Å². The van der Waals surface area contributed by atoms with Crippen LogP contribution in [0, 0.1) is 0 Å². The molecule has 0 unspecified atom stereocenters. The summed E-state index contributed by atoms with van der Waals surface area (Å²) < 4.78 is 0. The van der Waals surface area contributed by atoms with Crippen molar-refractivity contribution in [1.82, 2.24) is 15.4 Å². The van der Waals surface area contributed by atoms with Gasteiger partial charge in [0, 0.05) is 0 Å². The Morgan fingerprint density at radius 3 is 3.11 bits per heavy atom. The average molecular weight is 121 g/mol. The van der Waals surface area contributed by atoms with Crippen molar-refractivity contribution < 1.29 is 0 Å². The fourth-order valence-electron chi connectivity index (χ4n) is 0.457. The highest BCUT2D eigenvalue weighted by Crippen LogP contribution is 1.90. The Morgan fingerprint density at radius 2 is 2.56 bits per heavy atom. The van der Waals surface area contributed by atoms with Crippen molar-refractivity contribution in [2.24, 2.45) is 0 Å². The van der Waals surface area contributed by atoms with Gasteiger partial charge in [0.25, 0.3) is 0 Å². The van der Waals surface area contributed by atoms with Gasteiger partial charge in [0.1, 0.15) is 5.69 Å². The topological polar surface area (TPSA) is 41.6 Å². The molecule has 0 saturated heterocycles. The highest BCUT2D eigenvalue weighted by Gasteiger charge is 1.83. The van der Waals surface area contributed by atoms with Crippen LogP contribution in [-0.4, -0.2) is 15.4 Å². The van der Waals surface area contributed by atoms with Crippen molar-refractivity contribution in [3.8, 4) is 0 Å².